The van der Waals surface area contributed by atoms with Crippen molar-refractivity contribution >= 4 is 33.3 Å². The number of carbonyl (C=O) groups excluding carboxylic acids is 1. The van der Waals surface area contributed by atoms with Gasteiger partial charge in [0.1, 0.15) is 5.82 Å². The first kappa shape index (κ1) is 14.5. The number of aromatic nitrogens is 1. The van der Waals surface area contributed by atoms with E-state index < -0.39 is 0 Å². The Morgan fingerprint density at radius 1 is 1.30 bits per heavy atom. The molecule has 20 heavy (non-hydrogen) atoms. The van der Waals surface area contributed by atoms with Gasteiger partial charge in [-0.3, -0.25) is 4.79 Å². The highest BCUT2D eigenvalue weighted by Crippen LogP contribution is 2.19. The van der Waals surface area contributed by atoms with Crippen LogP contribution in [-0.2, 0) is 0 Å². The summed E-state index contributed by atoms with van der Waals surface area (Å²) in [5.41, 5.74) is 2.37. The zero-order valence-corrected chi connectivity index (χ0v) is 13.0. The number of aryl methyl sites for hydroxylation is 1. The zero-order valence-electron chi connectivity index (χ0n) is 11.4. The fraction of sp³-hybridized carbons (Fsp3) is 0.200. The summed E-state index contributed by atoms with van der Waals surface area (Å²) in [6.45, 7) is 4.78. The summed E-state index contributed by atoms with van der Waals surface area (Å²) in [5.74, 6) is 0.598. The van der Waals surface area contributed by atoms with Crippen LogP contribution in [0.3, 0.4) is 0 Å². The lowest BCUT2D eigenvalue weighted by atomic mass is 10.2. The van der Waals surface area contributed by atoms with E-state index in [0.29, 0.717) is 5.56 Å². The Kier molecular flexibility index (Phi) is 4.74. The maximum atomic E-state index is 12.1. The van der Waals surface area contributed by atoms with Crippen molar-refractivity contribution in [3.05, 3.63) is 52.1 Å². The minimum absolute atomic E-state index is 0.168. The third-order valence-electron chi connectivity index (χ3n) is 2.68. The third kappa shape index (κ3) is 3.81. The molecule has 2 rings (SSSR count). The molecule has 1 aromatic heterocycles. The van der Waals surface area contributed by atoms with Crippen LogP contribution < -0.4 is 10.6 Å². The number of hydrogen-bond acceptors (Lipinski definition) is 3. The summed E-state index contributed by atoms with van der Waals surface area (Å²) >= 11 is 3.41. The van der Waals surface area contributed by atoms with E-state index >= 15 is 0 Å². The molecule has 2 N–H and O–H groups in total. The molecule has 0 atom stereocenters. The van der Waals surface area contributed by atoms with E-state index in [4.69, 9.17) is 0 Å². The summed E-state index contributed by atoms with van der Waals surface area (Å²) in [7, 11) is 0. The van der Waals surface area contributed by atoms with Gasteiger partial charge in [-0.15, -0.1) is 0 Å². The smallest absolute Gasteiger partial charge is 0.257 e. The van der Waals surface area contributed by atoms with Crippen molar-refractivity contribution in [1.82, 2.24) is 4.98 Å². The molecule has 0 aliphatic heterocycles. The Labute approximate surface area is 126 Å². The first-order chi connectivity index (χ1) is 9.58. The highest BCUT2D eigenvalue weighted by Gasteiger charge is 2.07. The largest absolute Gasteiger partial charge is 0.370 e. The van der Waals surface area contributed by atoms with Crippen LogP contribution in [0.15, 0.2) is 41.0 Å². The zero-order chi connectivity index (χ0) is 14.5. The number of amides is 1. The molecule has 0 saturated carbocycles. The molecule has 0 radical (unpaired) electrons. The highest BCUT2D eigenvalue weighted by atomic mass is 79.9. The minimum atomic E-state index is -0.168. The topological polar surface area (TPSA) is 54.0 Å². The number of carbonyl (C=O) groups is 1. The lowest BCUT2D eigenvalue weighted by molar-refractivity contribution is 0.102. The van der Waals surface area contributed by atoms with Crippen molar-refractivity contribution in [2.24, 2.45) is 0 Å². The van der Waals surface area contributed by atoms with Gasteiger partial charge in [-0.05, 0) is 49.7 Å². The second kappa shape index (κ2) is 6.52. The van der Waals surface area contributed by atoms with Gasteiger partial charge in [0.2, 0.25) is 0 Å². The molecule has 0 aliphatic rings. The Morgan fingerprint density at radius 2 is 2.10 bits per heavy atom. The number of nitrogens with one attached hydrogen (secondary N) is 2. The molecule has 104 valence electrons. The standard InChI is InChI=1S/C15H16BrN3O/c1-3-17-14-5-4-11(9-18-14)15(20)19-13-7-10(2)6-12(16)8-13/h4-9H,3H2,1-2H3,(H,17,18)(H,19,20). The number of pyridine rings is 1. The summed E-state index contributed by atoms with van der Waals surface area (Å²) in [5, 5.41) is 5.95. The first-order valence-corrected chi connectivity index (χ1v) is 7.16. The summed E-state index contributed by atoms with van der Waals surface area (Å²) in [4.78, 5) is 16.3. The molecule has 1 aromatic carbocycles. The molecule has 0 saturated heterocycles. The number of rotatable bonds is 4. The van der Waals surface area contributed by atoms with E-state index in [-0.39, 0.29) is 5.91 Å². The lowest BCUT2D eigenvalue weighted by Crippen LogP contribution is -2.12. The SMILES string of the molecule is CCNc1ccc(C(=O)Nc2cc(C)cc(Br)c2)cn1. The van der Waals surface area contributed by atoms with Gasteiger partial charge in [0, 0.05) is 22.9 Å². The molecule has 2 aromatic rings. The van der Waals surface area contributed by atoms with Gasteiger partial charge < -0.3 is 10.6 Å². The Bertz CT molecular complexity index is 591. The van der Waals surface area contributed by atoms with E-state index in [9.17, 15) is 4.79 Å². The van der Waals surface area contributed by atoms with Gasteiger partial charge in [-0.2, -0.15) is 0 Å². The van der Waals surface area contributed by atoms with Gasteiger partial charge in [0.25, 0.3) is 5.91 Å². The minimum Gasteiger partial charge on any atom is -0.370 e. The Morgan fingerprint density at radius 3 is 2.70 bits per heavy atom. The Balaban J connectivity index is 2.11. The van der Waals surface area contributed by atoms with Gasteiger partial charge in [0.05, 0.1) is 5.56 Å². The maximum Gasteiger partial charge on any atom is 0.257 e. The van der Waals surface area contributed by atoms with Crippen molar-refractivity contribution in [2.45, 2.75) is 13.8 Å². The molecule has 5 heteroatoms. The van der Waals surface area contributed by atoms with E-state index in [0.717, 1.165) is 28.1 Å². The van der Waals surface area contributed by atoms with Crippen molar-refractivity contribution < 1.29 is 4.79 Å². The number of anilines is 2. The quantitative estimate of drug-likeness (QED) is 0.893. The second-order valence-electron chi connectivity index (χ2n) is 4.43. The maximum absolute atomic E-state index is 12.1. The number of halogens is 1. The molecule has 0 aliphatic carbocycles. The average Bonchev–Trinajstić information content (AvgIpc) is 2.38. The normalized spacial score (nSPS) is 10.2. The molecule has 4 nitrogen and oxygen atoms in total. The van der Waals surface area contributed by atoms with Crippen molar-refractivity contribution in [2.75, 3.05) is 17.2 Å². The molecular weight excluding hydrogens is 318 g/mol. The third-order valence-corrected chi connectivity index (χ3v) is 3.14. The predicted octanol–water partition coefficient (Wildman–Crippen LogP) is 3.84. The lowest BCUT2D eigenvalue weighted by Gasteiger charge is -2.08. The molecular formula is C15H16BrN3O. The summed E-state index contributed by atoms with van der Waals surface area (Å²) in [6, 6.07) is 9.33. The van der Waals surface area contributed by atoms with E-state index in [1.807, 2.05) is 32.0 Å². The van der Waals surface area contributed by atoms with Crippen LogP contribution in [0.25, 0.3) is 0 Å². The van der Waals surface area contributed by atoms with E-state index in [1.165, 1.54) is 0 Å². The van der Waals surface area contributed by atoms with E-state index in [2.05, 4.69) is 31.5 Å². The van der Waals surface area contributed by atoms with Crippen LogP contribution >= 0.6 is 15.9 Å². The molecule has 0 unspecified atom stereocenters. The second-order valence-corrected chi connectivity index (χ2v) is 5.35. The molecule has 1 amide bonds. The van der Waals surface area contributed by atoms with Gasteiger partial charge >= 0.3 is 0 Å². The van der Waals surface area contributed by atoms with Crippen LogP contribution in [0, 0.1) is 6.92 Å². The molecule has 0 fully saturated rings. The Hall–Kier alpha value is -1.88. The van der Waals surface area contributed by atoms with Crippen LogP contribution in [0.1, 0.15) is 22.8 Å². The number of benzene rings is 1. The molecule has 1 heterocycles. The molecule has 0 bridgehead atoms. The highest BCUT2D eigenvalue weighted by molar-refractivity contribution is 9.10. The monoisotopic (exact) mass is 333 g/mol. The molecule has 0 spiro atoms. The van der Waals surface area contributed by atoms with Crippen LogP contribution in [0.5, 0.6) is 0 Å². The van der Waals surface area contributed by atoms with Gasteiger partial charge in [0.15, 0.2) is 0 Å². The predicted molar refractivity (Wildman–Crippen MR) is 85.2 cm³/mol. The van der Waals surface area contributed by atoms with Crippen molar-refractivity contribution in [3.8, 4) is 0 Å². The fourth-order valence-electron chi connectivity index (χ4n) is 1.83. The van der Waals surface area contributed by atoms with Crippen molar-refractivity contribution in [1.29, 1.82) is 0 Å². The van der Waals surface area contributed by atoms with Crippen LogP contribution in [-0.4, -0.2) is 17.4 Å². The number of hydrogen-bond donors (Lipinski definition) is 2. The van der Waals surface area contributed by atoms with Crippen LogP contribution in [0.4, 0.5) is 11.5 Å². The van der Waals surface area contributed by atoms with E-state index in [1.54, 1.807) is 18.3 Å². The van der Waals surface area contributed by atoms with Gasteiger partial charge in [-0.1, -0.05) is 15.9 Å². The number of nitrogens with zero attached hydrogens (tertiary/aromatic N) is 1. The first-order valence-electron chi connectivity index (χ1n) is 6.37. The van der Waals surface area contributed by atoms with Crippen LogP contribution in [0.2, 0.25) is 0 Å². The van der Waals surface area contributed by atoms with Gasteiger partial charge in [-0.25, -0.2) is 4.98 Å². The fourth-order valence-corrected chi connectivity index (χ4v) is 2.43. The average molecular weight is 334 g/mol. The van der Waals surface area contributed by atoms with Crippen molar-refractivity contribution in [3.63, 3.8) is 0 Å². The summed E-state index contributed by atoms with van der Waals surface area (Å²) < 4.78 is 0.938. The summed E-state index contributed by atoms with van der Waals surface area (Å²) in [6.07, 6.45) is 1.57.